The molecule has 0 aromatic heterocycles. The number of carbonyl (C=O) groups is 3. The van der Waals surface area contributed by atoms with E-state index in [1.165, 1.54) is 0 Å². The van der Waals surface area contributed by atoms with Gasteiger partial charge in [-0.25, -0.2) is 0 Å². The molecule has 3 N–H and O–H groups in total. The first-order valence-electron chi connectivity index (χ1n) is 8.59. The van der Waals surface area contributed by atoms with Gasteiger partial charge < -0.3 is 16.0 Å². The molecule has 0 aliphatic heterocycles. The van der Waals surface area contributed by atoms with Crippen molar-refractivity contribution >= 4 is 17.7 Å². The summed E-state index contributed by atoms with van der Waals surface area (Å²) in [5, 5.41) is 7.85. The van der Waals surface area contributed by atoms with Gasteiger partial charge in [-0.1, -0.05) is 38.8 Å². The first kappa shape index (κ1) is 21.2. The van der Waals surface area contributed by atoms with Crippen molar-refractivity contribution in [2.24, 2.45) is 0 Å². The molecule has 1 aromatic rings. The standard InChI is InChI=1S/C20H27N3O3/c1-5-12-21-17(24)10-13-22-18(25)11-14-23-19(26)15-6-8-16(9-7-15)20(2,3)4/h1,6-9H,10-14H2,2-4H3,(H,21,24)(H,22,25)(H,23,26). The lowest BCUT2D eigenvalue weighted by molar-refractivity contribution is -0.122. The first-order valence-corrected chi connectivity index (χ1v) is 8.59. The number of carbonyl (C=O) groups excluding carboxylic acids is 3. The van der Waals surface area contributed by atoms with E-state index in [1.54, 1.807) is 12.1 Å². The molecule has 0 unspecified atom stereocenters. The highest BCUT2D eigenvalue weighted by molar-refractivity contribution is 5.94. The minimum absolute atomic E-state index is 0.0326. The van der Waals surface area contributed by atoms with Gasteiger partial charge in [0.2, 0.25) is 11.8 Å². The van der Waals surface area contributed by atoms with Crippen LogP contribution in [-0.2, 0) is 15.0 Å². The monoisotopic (exact) mass is 357 g/mol. The molecule has 0 bridgehead atoms. The molecule has 0 saturated carbocycles. The van der Waals surface area contributed by atoms with Crippen molar-refractivity contribution in [2.45, 2.75) is 39.0 Å². The molecule has 0 spiro atoms. The van der Waals surface area contributed by atoms with Gasteiger partial charge in [-0.15, -0.1) is 6.42 Å². The number of hydrogen-bond acceptors (Lipinski definition) is 3. The molecule has 0 radical (unpaired) electrons. The molecule has 6 heteroatoms. The molecule has 6 nitrogen and oxygen atoms in total. The van der Waals surface area contributed by atoms with Gasteiger partial charge in [-0.3, -0.25) is 14.4 Å². The molecule has 3 amide bonds. The predicted octanol–water partition coefficient (Wildman–Crippen LogP) is 1.36. The Morgan fingerprint density at radius 2 is 1.46 bits per heavy atom. The zero-order chi connectivity index (χ0) is 19.6. The Labute approximate surface area is 155 Å². The minimum atomic E-state index is -0.224. The van der Waals surface area contributed by atoms with Crippen molar-refractivity contribution in [3.8, 4) is 12.3 Å². The van der Waals surface area contributed by atoms with Gasteiger partial charge >= 0.3 is 0 Å². The van der Waals surface area contributed by atoms with Gasteiger partial charge in [0.15, 0.2) is 0 Å². The molecule has 0 atom stereocenters. The lowest BCUT2D eigenvalue weighted by Crippen LogP contribution is -2.33. The number of terminal acetylenes is 1. The Hall–Kier alpha value is -2.81. The average Bonchev–Trinajstić information content (AvgIpc) is 2.59. The predicted molar refractivity (Wildman–Crippen MR) is 102 cm³/mol. The number of amides is 3. The fraction of sp³-hybridized carbons (Fsp3) is 0.450. The van der Waals surface area contributed by atoms with Crippen molar-refractivity contribution in [3.05, 3.63) is 35.4 Å². The van der Waals surface area contributed by atoms with Crippen molar-refractivity contribution in [2.75, 3.05) is 19.6 Å². The number of nitrogens with one attached hydrogen (secondary N) is 3. The average molecular weight is 357 g/mol. The van der Waals surface area contributed by atoms with Crippen molar-refractivity contribution in [1.29, 1.82) is 0 Å². The van der Waals surface area contributed by atoms with Crippen LogP contribution in [0.15, 0.2) is 24.3 Å². The Morgan fingerprint density at radius 3 is 2.00 bits per heavy atom. The number of benzene rings is 1. The van der Waals surface area contributed by atoms with Gasteiger partial charge in [-0.2, -0.15) is 0 Å². The second-order valence-electron chi connectivity index (χ2n) is 6.91. The topological polar surface area (TPSA) is 87.3 Å². The third-order valence-corrected chi connectivity index (χ3v) is 3.71. The molecule has 0 aliphatic rings. The second-order valence-corrected chi connectivity index (χ2v) is 6.91. The van der Waals surface area contributed by atoms with Crippen LogP contribution in [-0.4, -0.2) is 37.4 Å². The third-order valence-electron chi connectivity index (χ3n) is 3.71. The highest BCUT2D eigenvalue weighted by atomic mass is 16.2. The normalized spacial score (nSPS) is 10.5. The van der Waals surface area contributed by atoms with E-state index in [9.17, 15) is 14.4 Å². The molecular formula is C20H27N3O3. The van der Waals surface area contributed by atoms with Crippen LogP contribution >= 0.6 is 0 Å². The van der Waals surface area contributed by atoms with Gasteiger partial charge in [-0.05, 0) is 23.1 Å². The SMILES string of the molecule is C#CCNC(=O)CCNC(=O)CCNC(=O)c1ccc(C(C)(C)C)cc1. The molecule has 1 rings (SSSR count). The van der Waals surface area contributed by atoms with Crippen LogP contribution in [0, 0.1) is 12.3 Å². The van der Waals surface area contributed by atoms with Gasteiger partial charge in [0, 0.05) is 31.5 Å². The molecule has 0 aliphatic carbocycles. The summed E-state index contributed by atoms with van der Waals surface area (Å²) in [6, 6.07) is 7.44. The Bertz CT molecular complexity index is 667. The Balaban J connectivity index is 2.28. The summed E-state index contributed by atoms with van der Waals surface area (Å²) < 4.78 is 0. The Morgan fingerprint density at radius 1 is 0.923 bits per heavy atom. The maximum atomic E-state index is 12.1. The van der Waals surface area contributed by atoms with Crippen LogP contribution in [0.3, 0.4) is 0 Å². The molecular weight excluding hydrogens is 330 g/mol. The van der Waals surface area contributed by atoms with Crippen molar-refractivity contribution in [3.63, 3.8) is 0 Å². The summed E-state index contributed by atoms with van der Waals surface area (Å²) in [7, 11) is 0. The summed E-state index contributed by atoms with van der Waals surface area (Å²) >= 11 is 0. The van der Waals surface area contributed by atoms with E-state index in [0.717, 1.165) is 5.56 Å². The quantitative estimate of drug-likeness (QED) is 0.614. The molecule has 0 heterocycles. The summed E-state index contributed by atoms with van der Waals surface area (Å²) in [5.74, 6) is 1.65. The summed E-state index contributed by atoms with van der Waals surface area (Å²) in [4.78, 5) is 35.1. The highest BCUT2D eigenvalue weighted by Gasteiger charge is 2.14. The van der Waals surface area contributed by atoms with Gasteiger partial charge in [0.1, 0.15) is 0 Å². The van der Waals surface area contributed by atoms with E-state index in [2.05, 4.69) is 42.6 Å². The van der Waals surface area contributed by atoms with E-state index in [-0.39, 0.29) is 55.6 Å². The van der Waals surface area contributed by atoms with Crippen LogP contribution in [0.25, 0.3) is 0 Å². The maximum absolute atomic E-state index is 12.1. The van der Waals surface area contributed by atoms with Crippen LogP contribution in [0.5, 0.6) is 0 Å². The molecule has 140 valence electrons. The first-order chi connectivity index (χ1) is 12.2. The number of hydrogen-bond donors (Lipinski definition) is 3. The van der Waals surface area contributed by atoms with Gasteiger partial charge in [0.05, 0.1) is 6.54 Å². The van der Waals surface area contributed by atoms with Crippen LogP contribution < -0.4 is 16.0 Å². The van der Waals surface area contributed by atoms with Crippen LogP contribution in [0.2, 0.25) is 0 Å². The lowest BCUT2D eigenvalue weighted by atomic mass is 9.87. The molecule has 0 fully saturated rings. The fourth-order valence-electron chi connectivity index (χ4n) is 2.16. The highest BCUT2D eigenvalue weighted by Crippen LogP contribution is 2.22. The second kappa shape index (κ2) is 10.2. The summed E-state index contributed by atoms with van der Waals surface area (Å²) in [6.45, 7) is 6.97. The Kier molecular flexibility index (Phi) is 8.36. The smallest absolute Gasteiger partial charge is 0.251 e. The lowest BCUT2D eigenvalue weighted by Gasteiger charge is -2.19. The maximum Gasteiger partial charge on any atom is 0.251 e. The zero-order valence-electron chi connectivity index (χ0n) is 15.6. The third kappa shape index (κ3) is 7.84. The molecule has 26 heavy (non-hydrogen) atoms. The number of rotatable bonds is 8. The summed E-state index contributed by atoms with van der Waals surface area (Å²) in [6.07, 6.45) is 5.35. The largest absolute Gasteiger partial charge is 0.356 e. The minimum Gasteiger partial charge on any atom is -0.356 e. The van der Waals surface area contributed by atoms with Gasteiger partial charge in [0.25, 0.3) is 5.91 Å². The van der Waals surface area contributed by atoms with Crippen LogP contribution in [0.4, 0.5) is 0 Å². The van der Waals surface area contributed by atoms with E-state index >= 15 is 0 Å². The van der Waals surface area contributed by atoms with E-state index in [1.807, 2.05) is 12.1 Å². The van der Waals surface area contributed by atoms with E-state index in [4.69, 9.17) is 6.42 Å². The summed E-state index contributed by atoms with van der Waals surface area (Å²) in [5.41, 5.74) is 1.74. The van der Waals surface area contributed by atoms with E-state index in [0.29, 0.717) is 5.56 Å². The van der Waals surface area contributed by atoms with Crippen LogP contribution in [0.1, 0.15) is 49.5 Å². The zero-order valence-corrected chi connectivity index (χ0v) is 15.6. The van der Waals surface area contributed by atoms with E-state index < -0.39 is 0 Å². The molecule has 0 saturated heterocycles. The van der Waals surface area contributed by atoms with Crippen molar-refractivity contribution in [1.82, 2.24) is 16.0 Å². The fourth-order valence-corrected chi connectivity index (χ4v) is 2.16. The molecule has 1 aromatic carbocycles. The van der Waals surface area contributed by atoms with Crippen molar-refractivity contribution < 1.29 is 14.4 Å².